The maximum absolute atomic E-state index is 12.6. The van der Waals surface area contributed by atoms with E-state index in [0.717, 1.165) is 6.26 Å². The molecule has 0 N–H and O–H groups in total. The molecule has 130 valence electrons. The minimum atomic E-state index is -3.65. The van der Waals surface area contributed by atoms with Crippen LogP contribution in [0.3, 0.4) is 0 Å². The molecule has 2 aromatic heterocycles. The van der Waals surface area contributed by atoms with Crippen molar-refractivity contribution in [2.45, 2.75) is 5.16 Å². The molecule has 1 aromatic carbocycles. The van der Waals surface area contributed by atoms with Crippen LogP contribution in [0.5, 0.6) is 0 Å². The number of nitrogens with zero attached hydrogens (tertiary/aromatic N) is 3. The van der Waals surface area contributed by atoms with E-state index in [2.05, 4.69) is 9.97 Å². The Balaban J connectivity index is 2.15. The Hall–Kier alpha value is -2.52. The second-order valence-corrected chi connectivity index (χ2v) is 7.72. The molecule has 0 amide bonds. The first-order valence-electron chi connectivity index (χ1n) is 7.71. The van der Waals surface area contributed by atoms with Crippen molar-refractivity contribution in [2.24, 2.45) is 0 Å². The SMILES string of the molecule is CS(=O)(=O)c1nc(N2CCOCC2)c2c(=O)oc3ccccc3c2n1. The van der Waals surface area contributed by atoms with Gasteiger partial charge in [0.25, 0.3) is 0 Å². The number of sulfone groups is 1. The van der Waals surface area contributed by atoms with Gasteiger partial charge in [0.2, 0.25) is 15.0 Å². The van der Waals surface area contributed by atoms with Crippen LogP contribution in [0.25, 0.3) is 21.9 Å². The number of anilines is 1. The van der Waals surface area contributed by atoms with Crippen LogP contribution in [0, 0.1) is 0 Å². The van der Waals surface area contributed by atoms with Crippen LogP contribution in [0.4, 0.5) is 5.82 Å². The summed E-state index contributed by atoms with van der Waals surface area (Å²) >= 11 is 0. The summed E-state index contributed by atoms with van der Waals surface area (Å²) in [6.45, 7) is 1.94. The Bertz CT molecular complexity index is 1130. The maximum Gasteiger partial charge on any atom is 0.349 e. The fourth-order valence-electron chi connectivity index (χ4n) is 2.88. The van der Waals surface area contributed by atoms with Crippen molar-refractivity contribution >= 4 is 37.5 Å². The molecule has 1 aliphatic rings. The molecule has 4 rings (SSSR count). The summed E-state index contributed by atoms with van der Waals surface area (Å²) in [6, 6.07) is 6.90. The third-order valence-electron chi connectivity index (χ3n) is 4.06. The van der Waals surface area contributed by atoms with Gasteiger partial charge in [-0.1, -0.05) is 12.1 Å². The van der Waals surface area contributed by atoms with Crippen molar-refractivity contribution in [1.29, 1.82) is 0 Å². The fraction of sp³-hybridized carbons (Fsp3) is 0.312. The molecule has 0 atom stereocenters. The van der Waals surface area contributed by atoms with Crippen LogP contribution in [-0.2, 0) is 14.6 Å². The molecular weight excluding hydrogens is 346 g/mol. The van der Waals surface area contributed by atoms with E-state index < -0.39 is 15.5 Å². The Labute approximate surface area is 143 Å². The van der Waals surface area contributed by atoms with Crippen LogP contribution < -0.4 is 10.5 Å². The number of benzene rings is 1. The van der Waals surface area contributed by atoms with Crippen molar-refractivity contribution in [3.05, 3.63) is 34.7 Å². The number of morpholine rings is 1. The summed E-state index contributed by atoms with van der Waals surface area (Å²) in [5.41, 5.74) is 0.0464. The quantitative estimate of drug-likeness (QED) is 0.378. The highest BCUT2D eigenvalue weighted by molar-refractivity contribution is 7.90. The predicted molar refractivity (Wildman–Crippen MR) is 91.7 cm³/mol. The van der Waals surface area contributed by atoms with Crippen LogP contribution in [-0.4, -0.2) is 50.9 Å². The maximum atomic E-state index is 12.6. The van der Waals surface area contributed by atoms with Gasteiger partial charge in [-0.25, -0.2) is 18.2 Å². The van der Waals surface area contributed by atoms with E-state index in [-0.39, 0.29) is 21.9 Å². The molecule has 1 saturated heterocycles. The lowest BCUT2D eigenvalue weighted by atomic mass is 10.1. The highest BCUT2D eigenvalue weighted by Gasteiger charge is 2.24. The summed E-state index contributed by atoms with van der Waals surface area (Å²) < 4.78 is 34.8. The van der Waals surface area contributed by atoms with E-state index in [9.17, 15) is 13.2 Å². The van der Waals surface area contributed by atoms with Crippen molar-refractivity contribution in [1.82, 2.24) is 9.97 Å². The number of ether oxygens (including phenoxy) is 1. The molecule has 0 unspecified atom stereocenters. The first-order valence-corrected chi connectivity index (χ1v) is 9.60. The summed E-state index contributed by atoms with van der Waals surface area (Å²) in [5.74, 6) is 0.272. The van der Waals surface area contributed by atoms with Crippen LogP contribution in [0.15, 0.2) is 38.6 Å². The van der Waals surface area contributed by atoms with Crippen molar-refractivity contribution in [2.75, 3.05) is 37.5 Å². The number of hydrogen-bond donors (Lipinski definition) is 0. The summed E-state index contributed by atoms with van der Waals surface area (Å²) in [7, 11) is -3.65. The summed E-state index contributed by atoms with van der Waals surface area (Å²) in [5, 5.41) is 0.448. The van der Waals surface area contributed by atoms with E-state index in [1.807, 2.05) is 4.90 Å². The van der Waals surface area contributed by atoms with Gasteiger partial charge in [0.15, 0.2) is 0 Å². The monoisotopic (exact) mass is 361 g/mol. The zero-order valence-electron chi connectivity index (χ0n) is 13.4. The van der Waals surface area contributed by atoms with Gasteiger partial charge in [-0.15, -0.1) is 0 Å². The Kier molecular flexibility index (Phi) is 3.69. The Morgan fingerprint density at radius 3 is 2.56 bits per heavy atom. The van der Waals surface area contributed by atoms with Crippen molar-refractivity contribution in [3.8, 4) is 0 Å². The van der Waals surface area contributed by atoms with E-state index in [4.69, 9.17) is 9.15 Å². The molecule has 25 heavy (non-hydrogen) atoms. The first kappa shape index (κ1) is 16.0. The van der Waals surface area contributed by atoms with Crippen LogP contribution in [0.2, 0.25) is 0 Å². The van der Waals surface area contributed by atoms with Gasteiger partial charge < -0.3 is 14.1 Å². The van der Waals surface area contributed by atoms with Gasteiger partial charge in [-0.3, -0.25) is 0 Å². The molecule has 0 radical (unpaired) electrons. The largest absolute Gasteiger partial charge is 0.422 e. The van der Waals surface area contributed by atoms with Gasteiger partial charge in [-0.05, 0) is 12.1 Å². The van der Waals surface area contributed by atoms with E-state index in [0.29, 0.717) is 37.3 Å². The molecule has 3 aromatic rings. The number of fused-ring (bicyclic) bond motifs is 3. The summed E-state index contributed by atoms with van der Waals surface area (Å²) in [4.78, 5) is 22.7. The Morgan fingerprint density at radius 1 is 1.12 bits per heavy atom. The van der Waals surface area contributed by atoms with Gasteiger partial charge in [0, 0.05) is 24.7 Å². The smallest absolute Gasteiger partial charge is 0.349 e. The van der Waals surface area contributed by atoms with Crippen LogP contribution >= 0.6 is 0 Å². The third-order valence-corrected chi connectivity index (χ3v) is 4.91. The average Bonchev–Trinajstić information content (AvgIpc) is 2.61. The lowest BCUT2D eigenvalue weighted by molar-refractivity contribution is 0.122. The number of para-hydroxylation sites is 1. The van der Waals surface area contributed by atoms with Gasteiger partial charge in [0.1, 0.15) is 16.8 Å². The van der Waals surface area contributed by atoms with Crippen molar-refractivity contribution in [3.63, 3.8) is 0 Å². The zero-order chi connectivity index (χ0) is 17.6. The van der Waals surface area contributed by atoms with Crippen LogP contribution in [0.1, 0.15) is 0 Å². The fourth-order valence-corrected chi connectivity index (χ4v) is 3.39. The molecular formula is C16H15N3O5S. The standard InChI is InChI=1S/C16H15N3O5S/c1-25(21,22)16-17-13-10-4-2-3-5-11(10)24-15(20)12(13)14(18-16)19-6-8-23-9-7-19/h2-5H,6-9H2,1H3. The molecule has 0 bridgehead atoms. The van der Waals surface area contributed by atoms with Crippen molar-refractivity contribution < 1.29 is 17.6 Å². The predicted octanol–water partition coefficient (Wildman–Crippen LogP) is 0.976. The highest BCUT2D eigenvalue weighted by atomic mass is 32.2. The number of aromatic nitrogens is 2. The molecule has 1 aliphatic heterocycles. The second kappa shape index (κ2) is 5.78. The molecule has 3 heterocycles. The number of hydrogen-bond acceptors (Lipinski definition) is 8. The third kappa shape index (κ3) is 2.75. The second-order valence-electron chi connectivity index (χ2n) is 5.81. The van der Waals surface area contributed by atoms with Gasteiger partial charge >= 0.3 is 5.63 Å². The van der Waals surface area contributed by atoms with Gasteiger partial charge in [-0.2, -0.15) is 4.98 Å². The minimum absolute atomic E-state index is 0.188. The van der Waals surface area contributed by atoms with E-state index >= 15 is 0 Å². The molecule has 8 nitrogen and oxygen atoms in total. The first-order chi connectivity index (χ1) is 11.9. The molecule has 0 aliphatic carbocycles. The highest BCUT2D eigenvalue weighted by Crippen LogP contribution is 2.28. The number of rotatable bonds is 2. The van der Waals surface area contributed by atoms with Gasteiger partial charge in [0.05, 0.1) is 18.7 Å². The molecule has 0 saturated carbocycles. The lowest BCUT2D eigenvalue weighted by Crippen LogP contribution is -2.37. The zero-order valence-corrected chi connectivity index (χ0v) is 14.2. The Morgan fingerprint density at radius 2 is 1.84 bits per heavy atom. The minimum Gasteiger partial charge on any atom is -0.422 e. The van der Waals surface area contributed by atoms with E-state index in [1.165, 1.54) is 0 Å². The average molecular weight is 361 g/mol. The lowest BCUT2D eigenvalue weighted by Gasteiger charge is -2.28. The van der Waals surface area contributed by atoms with E-state index in [1.54, 1.807) is 24.3 Å². The molecule has 1 fully saturated rings. The normalized spacial score (nSPS) is 15.8. The molecule has 0 spiro atoms. The summed E-state index contributed by atoms with van der Waals surface area (Å²) in [6.07, 6.45) is 1.05. The molecule has 9 heteroatoms. The topological polar surface area (TPSA) is 103 Å².